The monoisotopic (exact) mass is 197 g/mol. The van der Waals surface area contributed by atoms with Crippen molar-refractivity contribution < 1.29 is 5.11 Å². The Morgan fingerprint density at radius 2 is 2.10 bits per heavy atom. The molecule has 1 aromatic carbocycles. The number of hydrogen-bond acceptors (Lipinski definition) is 1. The summed E-state index contributed by atoms with van der Waals surface area (Å²) in [4.78, 5) is 3.15. The second-order valence-corrected chi connectivity index (χ2v) is 2.70. The number of benzene rings is 1. The molecule has 2 nitrogen and oxygen atoms in total. The van der Waals surface area contributed by atoms with Crippen molar-refractivity contribution in [1.29, 1.82) is 0 Å². The van der Waals surface area contributed by atoms with Gasteiger partial charge in [-0.25, -0.2) is 4.85 Å². The molecule has 0 aliphatic carbocycles. The molecule has 0 atom stereocenters. The summed E-state index contributed by atoms with van der Waals surface area (Å²) in [7, 11) is 0. The van der Waals surface area contributed by atoms with Gasteiger partial charge in [-0.2, -0.15) is 0 Å². The van der Waals surface area contributed by atoms with E-state index in [4.69, 9.17) is 11.7 Å². The van der Waals surface area contributed by atoms with Gasteiger partial charge in [-0.3, -0.25) is 0 Å². The lowest BCUT2D eigenvalue weighted by atomic mass is 10.3. The van der Waals surface area contributed by atoms with Gasteiger partial charge >= 0.3 is 0 Å². The molecule has 0 unspecified atom stereocenters. The van der Waals surface area contributed by atoms with Crippen molar-refractivity contribution in [3.8, 4) is 5.75 Å². The van der Waals surface area contributed by atoms with Crippen LogP contribution in [0.15, 0.2) is 22.7 Å². The molecule has 1 N–H and O–H groups in total. The third kappa shape index (κ3) is 1.49. The highest BCUT2D eigenvalue weighted by Gasteiger charge is 1.95. The van der Waals surface area contributed by atoms with Crippen LogP contribution in [0.3, 0.4) is 0 Å². The van der Waals surface area contributed by atoms with Crippen molar-refractivity contribution in [2.75, 3.05) is 0 Å². The molecule has 0 heterocycles. The fourth-order valence-electron chi connectivity index (χ4n) is 0.624. The lowest BCUT2D eigenvalue weighted by Gasteiger charge is -1.93. The minimum absolute atomic E-state index is 0.111. The topological polar surface area (TPSA) is 24.6 Å². The molecule has 0 aliphatic heterocycles. The molecule has 3 heteroatoms. The van der Waals surface area contributed by atoms with E-state index in [1.54, 1.807) is 6.07 Å². The first-order valence-corrected chi connectivity index (χ1v) is 3.38. The lowest BCUT2D eigenvalue weighted by Crippen LogP contribution is -1.65. The van der Waals surface area contributed by atoms with Gasteiger partial charge in [-0.05, 0) is 18.2 Å². The quantitative estimate of drug-likeness (QED) is 0.636. The molecule has 1 aromatic rings. The molecule has 0 spiro atoms. The molecule has 50 valence electrons. The Hall–Kier alpha value is -1.01. The summed E-state index contributed by atoms with van der Waals surface area (Å²) >= 11 is 3.15. The zero-order chi connectivity index (χ0) is 7.56. The van der Waals surface area contributed by atoms with Crippen LogP contribution in [0.5, 0.6) is 5.75 Å². The van der Waals surface area contributed by atoms with Crippen LogP contribution in [0.1, 0.15) is 0 Å². The van der Waals surface area contributed by atoms with E-state index in [1.165, 1.54) is 12.1 Å². The standard InChI is InChI=1S/C7H4BrNO/c1-9-6-2-5(8)3-7(10)4-6/h2-4,10H. The van der Waals surface area contributed by atoms with Crippen LogP contribution in [0, 0.1) is 6.57 Å². The van der Waals surface area contributed by atoms with Gasteiger partial charge in [0, 0.05) is 4.47 Å². The number of rotatable bonds is 0. The molecule has 0 aliphatic rings. The average molecular weight is 198 g/mol. The molecule has 0 fully saturated rings. The van der Waals surface area contributed by atoms with E-state index < -0.39 is 0 Å². The summed E-state index contributed by atoms with van der Waals surface area (Å²) in [5, 5.41) is 8.95. The second-order valence-electron chi connectivity index (χ2n) is 1.78. The van der Waals surface area contributed by atoms with Crippen LogP contribution < -0.4 is 0 Å². The van der Waals surface area contributed by atoms with Gasteiger partial charge in [0.2, 0.25) is 0 Å². The molecule has 0 aromatic heterocycles. The van der Waals surface area contributed by atoms with Crippen LogP contribution in [0.4, 0.5) is 5.69 Å². The molecule has 0 amide bonds. The molecule has 0 bridgehead atoms. The van der Waals surface area contributed by atoms with E-state index in [1.807, 2.05) is 0 Å². The van der Waals surface area contributed by atoms with Crippen LogP contribution in [0.25, 0.3) is 4.85 Å². The second kappa shape index (κ2) is 2.72. The molecule has 10 heavy (non-hydrogen) atoms. The van der Waals surface area contributed by atoms with Gasteiger partial charge in [0.1, 0.15) is 5.75 Å². The number of hydrogen-bond donors (Lipinski definition) is 1. The van der Waals surface area contributed by atoms with Crippen molar-refractivity contribution in [3.05, 3.63) is 34.1 Å². The third-order valence-electron chi connectivity index (χ3n) is 0.996. The Kier molecular flexibility index (Phi) is 1.93. The van der Waals surface area contributed by atoms with Crippen molar-refractivity contribution in [3.63, 3.8) is 0 Å². The zero-order valence-electron chi connectivity index (χ0n) is 5.00. The first kappa shape index (κ1) is 7.10. The van der Waals surface area contributed by atoms with Crippen LogP contribution in [-0.2, 0) is 0 Å². The highest BCUT2D eigenvalue weighted by molar-refractivity contribution is 9.10. The first-order valence-electron chi connectivity index (χ1n) is 2.59. The molecule has 0 radical (unpaired) electrons. The average Bonchev–Trinajstić information content (AvgIpc) is 1.85. The predicted octanol–water partition coefficient (Wildman–Crippen LogP) is 2.71. The van der Waals surface area contributed by atoms with E-state index >= 15 is 0 Å². The van der Waals surface area contributed by atoms with E-state index in [2.05, 4.69) is 20.8 Å². The fraction of sp³-hybridized carbons (Fsp3) is 0. The van der Waals surface area contributed by atoms with E-state index in [0.29, 0.717) is 5.69 Å². The summed E-state index contributed by atoms with van der Waals surface area (Å²) in [6.45, 7) is 6.63. The Morgan fingerprint density at radius 3 is 2.60 bits per heavy atom. The van der Waals surface area contributed by atoms with Gasteiger partial charge in [-0.15, -0.1) is 0 Å². The maximum atomic E-state index is 8.95. The van der Waals surface area contributed by atoms with Gasteiger partial charge in [0.05, 0.1) is 6.57 Å². The summed E-state index contributed by atoms with van der Waals surface area (Å²) in [5.74, 6) is 0.111. The third-order valence-corrected chi connectivity index (χ3v) is 1.45. The number of halogens is 1. The Morgan fingerprint density at radius 1 is 1.40 bits per heavy atom. The number of aromatic hydroxyl groups is 1. The zero-order valence-corrected chi connectivity index (χ0v) is 6.59. The van der Waals surface area contributed by atoms with Crippen molar-refractivity contribution in [2.45, 2.75) is 0 Å². The largest absolute Gasteiger partial charge is 0.509 e. The summed E-state index contributed by atoms with van der Waals surface area (Å²) in [6, 6.07) is 4.60. The predicted molar refractivity (Wildman–Crippen MR) is 42.1 cm³/mol. The summed E-state index contributed by atoms with van der Waals surface area (Å²) < 4.78 is 0.721. The number of nitrogens with zero attached hydrogens (tertiary/aromatic N) is 1. The maximum absolute atomic E-state index is 8.95. The van der Waals surface area contributed by atoms with Crippen molar-refractivity contribution in [1.82, 2.24) is 0 Å². The highest BCUT2D eigenvalue weighted by atomic mass is 79.9. The molecule has 1 rings (SSSR count). The van der Waals surface area contributed by atoms with E-state index in [9.17, 15) is 0 Å². The van der Waals surface area contributed by atoms with Gasteiger partial charge < -0.3 is 5.11 Å². The summed E-state index contributed by atoms with van der Waals surface area (Å²) in [5.41, 5.74) is 0.437. The smallest absolute Gasteiger partial charge is 0.191 e. The minimum Gasteiger partial charge on any atom is -0.509 e. The van der Waals surface area contributed by atoms with Gasteiger partial charge in [0.15, 0.2) is 5.69 Å². The SMILES string of the molecule is [C-]#[N+]c1cc(O)cc(Br)c1. The highest BCUT2D eigenvalue weighted by Crippen LogP contribution is 2.25. The normalized spacial score (nSPS) is 8.80. The fourth-order valence-corrected chi connectivity index (χ4v) is 1.09. The van der Waals surface area contributed by atoms with Crippen LogP contribution in [0.2, 0.25) is 0 Å². The number of phenolic OH excluding ortho intramolecular Hbond substituents is 1. The van der Waals surface area contributed by atoms with Crippen molar-refractivity contribution >= 4 is 21.6 Å². The van der Waals surface area contributed by atoms with E-state index in [0.717, 1.165) is 4.47 Å². The number of phenols is 1. The van der Waals surface area contributed by atoms with Crippen LogP contribution >= 0.6 is 15.9 Å². The maximum Gasteiger partial charge on any atom is 0.191 e. The molecule has 0 saturated carbocycles. The lowest BCUT2D eigenvalue weighted by molar-refractivity contribution is 0.475. The Bertz CT molecular complexity index is 270. The first-order chi connectivity index (χ1) is 4.72. The summed E-state index contributed by atoms with van der Waals surface area (Å²) in [6.07, 6.45) is 0. The Labute approximate surface area is 67.1 Å². The molecule has 0 saturated heterocycles. The van der Waals surface area contributed by atoms with Gasteiger partial charge in [0.25, 0.3) is 0 Å². The molecular weight excluding hydrogens is 194 g/mol. The molecular formula is C7H4BrNO. The van der Waals surface area contributed by atoms with Gasteiger partial charge in [-0.1, -0.05) is 15.9 Å². The van der Waals surface area contributed by atoms with E-state index in [-0.39, 0.29) is 5.75 Å². The van der Waals surface area contributed by atoms with Crippen molar-refractivity contribution in [2.24, 2.45) is 0 Å². The Balaban J connectivity index is 3.22. The minimum atomic E-state index is 0.111. The van der Waals surface area contributed by atoms with Crippen LogP contribution in [-0.4, -0.2) is 5.11 Å².